The molecule has 1 heterocycles. The Balaban J connectivity index is 2.89. The zero-order chi connectivity index (χ0) is 14.4. The van der Waals surface area contributed by atoms with Crippen molar-refractivity contribution in [2.24, 2.45) is 5.92 Å². The van der Waals surface area contributed by atoms with Crippen LogP contribution < -0.4 is 0 Å². The van der Waals surface area contributed by atoms with E-state index in [0.29, 0.717) is 19.6 Å². The van der Waals surface area contributed by atoms with Crippen LogP contribution in [0.5, 0.6) is 0 Å². The summed E-state index contributed by atoms with van der Waals surface area (Å²) in [6, 6.07) is -0.989. The number of carboxylic acid groups (broad SMARTS) is 1. The van der Waals surface area contributed by atoms with Gasteiger partial charge in [-0.25, -0.2) is 9.59 Å². The van der Waals surface area contributed by atoms with Crippen LogP contribution in [0.1, 0.15) is 19.8 Å². The number of urea groups is 1. The van der Waals surface area contributed by atoms with Gasteiger partial charge in [-0.15, -0.1) is 13.2 Å². The lowest BCUT2D eigenvalue weighted by Gasteiger charge is -2.39. The number of rotatable bonds is 5. The van der Waals surface area contributed by atoms with E-state index in [0.717, 1.165) is 12.8 Å². The van der Waals surface area contributed by atoms with E-state index in [1.807, 2.05) is 6.92 Å². The summed E-state index contributed by atoms with van der Waals surface area (Å²) in [5.41, 5.74) is 0. The first-order valence-corrected chi connectivity index (χ1v) is 6.53. The van der Waals surface area contributed by atoms with Crippen molar-refractivity contribution in [2.45, 2.75) is 25.8 Å². The van der Waals surface area contributed by atoms with Crippen LogP contribution in [0.25, 0.3) is 0 Å². The molecule has 2 atom stereocenters. The molecular formula is C14H22N2O3. The van der Waals surface area contributed by atoms with Gasteiger partial charge in [-0.2, -0.15) is 0 Å². The number of hydrogen-bond donors (Lipinski definition) is 1. The van der Waals surface area contributed by atoms with Crippen LogP contribution in [0.3, 0.4) is 0 Å². The van der Waals surface area contributed by atoms with Crippen molar-refractivity contribution in [2.75, 3.05) is 19.6 Å². The average molecular weight is 266 g/mol. The van der Waals surface area contributed by atoms with Gasteiger partial charge in [-0.05, 0) is 18.8 Å². The second-order valence-corrected chi connectivity index (χ2v) is 4.86. The summed E-state index contributed by atoms with van der Waals surface area (Å²) < 4.78 is 0. The predicted octanol–water partition coefficient (Wildman–Crippen LogP) is 1.97. The van der Waals surface area contributed by atoms with Gasteiger partial charge >= 0.3 is 12.0 Å². The fourth-order valence-electron chi connectivity index (χ4n) is 2.50. The molecule has 1 aliphatic heterocycles. The lowest BCUT2D eigenvalue weighted by molar-refractivity contribution is -0.145. The van der Waals surface area contributed by atoms with E-state index in [-0.39, 0.29) is 11.9 Å². The smallest absolute Gasteiger partial charge is 0.326 e. The second kappa shape index (κ2) is 6.97. The summed E-state index contributed by atoms with van der Waals surface area (Å²) >= 11 is 0. The van der Waals surface area contributed by atoms with Gasteiger partial charge in [0.25, 0.3) is 0 Å². The summed E-state index contributed by atoms with van der Waals surface area (Å²) in [7, 11) is 0. The minimum atomic E-state index is -0.933. The topological polar surface area (TPSA) is 60.9 Å². The van der Waals surface area contributed by atoms with Gasteiger partial charge in [0.1, 0.15) is 6.04 Å². The standard InChI is InChI=1S/C14H22N2O3/c1-4-8-15(9-5-2)14(19)16-10-6-7-11(3)12(16)13(17)18/h4-5,11-12H,1-2,6-10H2,3H3,(H,17,18). The lowest BCUT2D eigenvalue weighted by Crippen LogP contribution is -2.56. The van der Waals surface area contributed by atoms with E-state index in [4.69, 9.17) is 0 Å². The lowest BCUT2D eigenvalue weighted by atomic mass is 9.91. The third-order valence-electron chi connectivity index (χ3n) is 3.40. The fraction of sp³-hybridized carbons (Fsp3) is 0.571. The van der Waals surface area contributed by atoms with Gasteiger partial charge in [0.05, 0.1) is 0 Å². The van der Waals surface area contributed by atoms with E-state index < -0.39 is 12.0 Å². The summed E-state index contributed by atoms with van der Waals surface area (Å²) in [6.45, 7) is 10.4. The maximum Gasteiger partial charge on any atom is 0.326 e. The van der Waals surface area contributed by atoms with Crippen molar-refractivity contribution >= 4 is 12.0 Å². The molecule has 19 heavy (non-hydrogen) atoms. The number of carbonyl (C=O) groups is 2. The molecule has 1 rings (SSSR count). The first-order chi connectivity index (χ1) is 9.02. The number of carboxylic acids is 1. The van der Waals surface area contributed by atoms with Crippen molar-refractivity contribution in [1.82, 2.24) is 9.80 Å². The van der Waals surface area contributed by atoms with Crippen LogP contribution in [0, 0.1) is 5.92 Å². The molecule has 1 fully saturated rings. The quantitative estimate of drug-likeness (QED) is 0.774. The summed E-state index contributed by atoms with van der Waals surface area (Å²) in [6.07, 6.45) is 4.94. The van der Waals surface area contributed by atoms with Gasteiger partial charge < -0.3 is 14.9 Å². The van der Waals surface area contributed by atoms with E-state index >= 15 is 0 Å². The molecule has 0 radical (unpaired) electrons. The number of amides is 2. The molecule has 1 N–H and O–H groups in total. The largest absolute Gasteiger partial charge is 0.480 e. The maximum atomic E-state index is 12.4. The Morgan fingerprint density at radius 1 is 1.37 bits per heavy atom. The normalized spacial score (nSPS) is 22.7. The van der Waals surface area contributed by atoms with E-state index in [9.17, 15) is 14.7 Å². The summed E-state index contributed by atoms with van der Waals surface area (Å²) in [5.74, 6) is -0.956. The van der Waals surface area contributed by atoms with Crippen LogP contribution >= 0.6 is 0 Å². The Hall–Kier alpha value is -1.78. The highest BCUT2D eigenvalue weighted by Gasteiger charge is 2.38. The van der Waals surface area contributed by atoms with Crippen LogP contribution in [-0.4, -0.2) is 52.6 Å². The Morgan fingerprint density at radius 2 is 1.95 bits per heavy atom. The van der Waals surface area contributed by atoms with Crippen molar-refractivity contribution in [1.29, 1.82) is 0 Å². The number of nitrogens with zero attached hydrogens (tertiary/aromatic N) is 2. The third-order valence-corrected chi connectivity index (χ3v) is 3.40. The van der Waals surface area contributed by atoms with Crippen LogP contribution in [-0.2, 0) is 4.79 Å². The van der Waals surface area contributed by atoms with E-state index in [1.165, 1.54) is 4.90 Å². The Morgan fingerprint density at radius 3 is 2.42 bits per heavy atom. The molecule has 0 bridgehead atoms. The number of likely N-dealkylation sites (tertiary alicyclic amines) is 1. The van der Waals surface area contributed by atoms with Gasteiger partial charge in [0, 0.05) is 19.6 Å². The Labute approximate surface area is 114 Å². The summed E-state index contributed by atoms with van der Waals surface area (Å²) in [5, 5.41) is 9.32. The van der Waals surface area contributed by atoms with Gasteiger partial charge in [-0.3, -0.25) is 0 Å². The van der Waals surface area contributed by atoms with Crippen LogP contribution in [0.2, 0.25) is 0 Å². The molecule has 106 valence electrons. The number of hydrogen-bond acceptors (Lipinski definition) is 2. The molecule has 0 spiro atoms. The first-order valence-electron chi connectivity index (χ1n) is 6.53. The third kappa shape index (κ3) is 3.59. The van der Waals surface area contributed by atoms with Crippen molar-refractivity contribution in [3.8, 4) is 0 Å². The molecule has 0 saturated carbocycles. The van der Waals surface area contributed by atoms with Crippen molar-refractivity contribution < 1.29 is 14.7 Å². The predicted molar refractivity (Wildman–Crippen MR) is 73.9 cm³/mol. The minimum Gasteiger partial charge on any atom is -0.480 e. The Kier molecular flexibility index (Phi) is 5.60. The zero-order valence-electron chi connectivity index (χ0n) is 11.4. The molecule has 2 amide bonds. The highest BCUT2D eigenvalue weighted by Crippen LogP contribution is 2.24. The van der Waals surface area contributed by atoms with Crippen LogP contribution in [0.15, 0.2) is 25.3 Å². The van der Waals surface area contributed by atoms with Crippen molar-refractivity contribution in [3.63, 3.8) is 0 Å². The Bertz CT molecular complexity index is 358. The molecule has 0 aromatic heterocycles. The zero-order valence-corrected chi connectivity index (χ0v) is 11.4. The second-order valence-electron chi connectivity index (χ2n) is 4.86. The van der Waals surface area contributed by atoms with E-state index in [1.54, 1.807) is 17.1 Å². The molecule has 0 aromatic carbocycles. The minimum absolute atomic E-state index is 0.0236. The van der Waals surface area contributed by atoms with E-state index in [2.05, 4.69) is 13.2 Å². The summed E-state index contributed by atoms with van der Waals surface area (Å²) in [4.78, 5) is 26.8. The monoisotopic (exact) mass is 266 g/mol. The number of carbonyl (C=O) groups excluding carboxylic acids is 1. The first kappa shape index (κ1) is 15.3. The molecule has 0 aliphatic carbocycles. The van der Waals surface area contributed by atoms with Gasteiger partial charge in [-0.1, -0.05) is 19.1 Å². The highest BCUT2D eigenvalue weighted by molar-refractivity contribution is 5.83. The number of aliphatic carboxylic acids is 1. The fourth-order valence-corrected chi connectivity index (χ4v) is 2.50. The SMILES string of the molecule is C=CCN(CC=C)C(=O)N1CCCC(C)C1C(=O)O. The molecule has 5 nitrogen and oxygen atoms in total. The molecule has 1 aliphatic rings. The van der Waals surface area contributed by atoms with Gasteiger partial charge in [0.2, 0.25) is 0 Å². The average Bonchev–Trinajstić information content (AvgIpc) is 2.37. The highest BCUT2D eigenvalue weighted by atomic mass is 16.4. The maximum absolute atomic E-state index is 12.4. The molecular weight excluding hydrogens is 244 g/mol. The molecule has 0 aromatic rings. The van der Waals surface area contributed by atoms with Crippen LogP contribution in [0.4, 0.5) is 4.79 Å². The molecule has 5 heteroatoms. The molecule has 1 saturated heterocycles. The number of piperidine rings is 1. The van der Waals surface area contributed by atoms with Gasteiger partial charge in [0.15, 0.2) is 0 Å². The molecule has 2 unspecified atom stereocenters. The van der Waals surface area contributed by atoms with Crippen molar-refractivity contribution in [3.05, 3.63) is 25.3 Å².